The molecule has 0 radical (unpaired) electrons. The Morgan fingerprint density at radius 3 is 1.62 bits per heavy atom. The third kappa shape index (κ3) is 19.6. The molecule has 9 aromatic rings. The SMILES string of the molecule is Cc1c[nH]c(C=O)c1.Cc1cc(C#N)n(N)c1.Cc1cc(C(N)=O)n(N)c1.Cc1cc(C(N)=O)n(NC=O)c1.Cc1cc2c(=O)[nH]cnn2c1.Cc1cc[nH]c1.Cc1cc[nH]c1C=O.Cc1ccn(N)c1C#N. The van der Waals surface area contributed by atoms with Crippen molar-refractivity contribution < 1.29 is 24.0 Å². The van der Waals surface area contributed by atoms with Crippen LogP contribution in [0.25, 0.3) is 5.52 Å². The number of rotatable bonds is 6. The molecule has 0 atom stereocenters. The van der Waals surface area contributed by atoms with Gasteiger partial charge in [0.2, 0.25) is 6.41 Å². The van der Waals surface area contributed by atoms with Gasteiger partial charge in [-0.1, -0.05) is 0 Å². The first-order valence-corrected chi connectivity index (χ1v) is 21.5. The lowest BCUT2D eigenvalue weighted by molar-refractivity contribution is -0.106. The van der Waals surface area contributed by atoms with Gasteiger partial charge < -0.3 is 48.9 Å². The lowest BCUT2D eigenvalue weighted by Gasteiger charge is -2.01. The van der Waals surface area contributed by atoms with Gasteiger partial charge in [-0.25, -0.2) is 4.52 Å². The van der Waals surface area contributed by atoms with Crippen LogP contribution in [-0.2, 0) is 4.79 Å². The van der Waals surface area contributed by atoms with Crippen molar-refractivity contribution in [3.8, 4) is 12.1 Å². The first-order chi connectivity index (χ1) is 34.6. The van der Waals surface area contributed by atoms with Crippen molar-refractivity contribution in [3.63, 3.8) is 0 Å². The maximum absolute atomic E-state index is 11.1. The standard InChI is InChI=1S/C7H9N3O2.C7H7N3O.C6H9N3O.2C6H7N3.2C6H7NO.C5H7N/c1-5-2-6(7(8)12)10(3-5)9-4-11;1-5-2-6-7(11)8-4-9-10(6)3-5;1-4-2-5(6(7)10)9(8)3-4;1-5-2-6(3-7)9(8)4-5;1-5-2-3-9(8)6(5)4-7;1-5-2-6(4-8)7-3-5;1-5-2-3-7-6(5)4-8;1-5-2-3-6-4-5/h2-4H,1H3,(H2,8,12)(H,9,11);2-4H,1H3,(H,8,9,11);2-3H,8H2,1H3,(H2,7,10);2,4H,8H2,1H3;2-3H,8H2,1H3;2*2-4,7H,1H3;2-4,6H,1H3. The summed E-state index contributed by atoms with van der Waals surface area (Å²) in [4.78, 5) is 73.5. The number of hydrogen-bond acceptors (Lipinski definition) is 12. The smallest absolute Gasteiger partial charge is 0.275 e. The van der Waals surface area contributed by atoms with Gasteiger partial charge >= 0.3 is 0 Å². The van der Waals surface area contributed by atoms with Crippen molar-refractivity contribution >= 4 is 36.3 Å². The minimum atomic E-state index is -0.572. The summed E-state index contributed by atoms with van der Waals surface area (Å²) in [6, 6.07) is 18.2. The fraction of sp³-hybridized carbons (Fsp3) is 0.163. The van der Waals surface area contributed by atoms with E-state index in [1.54, 1.807) is 85.0 Å². The number of aromatic amines is 4. The largest absolute Gasteiger partial charge is 0.367 e. The van der Waals surface area contributed by atoms with Gasteiger partial charge in [-0.05, 0) is 148 Å². The third-order valence-corrected chi connectivity index (χ3v) is 9.35. The summed E-state index contributed by atoms with van der Waals surface area (Å²) in [7, 11) is 0. The number of aromatic nitrogens is 10. The number of nitrogens with one attached hydrogen (secondary N) is 5. The summed E-state index contributed by atoms with van der Waals surface area (Å²) in [5.74, 6) is 15.0. The van der Waals surface area contributed by atoms with E-state index in [9.17, 15) is 28.8 Å². The average Bonchev–Trinajstić information content (AvgIpc) is 4.23. The number of hydrogen-bond donors (Lipinski definition) is 10. The predicted octanol–water partition coefficient (Wildman–Crippen LogP) is 3.89. The van der Waals surface area contributed by atoms with Crippen molar-refractivity contribution in [3.05, 3.63) is 200 Å². The zero-order valence-electron chi connectivity index (χ0n) is 41.5. The molecule has 0 aliphatic heterocycles. The maximum Gasteiger partial charge on any atom is 0.275 e. The van der Waals surface area contributed by atoms with E-state index in [1.807, 2.05) is 84.4 Å². The van der Waals surface area contributed by atoms with Crippen LogP contribution < -0.4 is 40.0 Å². The minimum absolute atomic E-state index is 0.104. The monoisotopic (exact) mass is 996 g/mol. The highest BCUT2D eigenvalue weighted by Crippen LogP contribution is 2.06. The molecular formula is C49H60N18O6. The molecule has 0 aliphatic carbocycles. The van der Waals surface area contributed by atoms with Crippen LogP contribution in [-0.4, -0.2) is 79.1 Å². The van der Waals surface area contributed by atoms with E-state index >= 15 is 0 Å². The number of amides is 3. The molecule has 382 valence electrons. The number of fused-ring (bicyclic) bond motifs is 1. The molecular weight excluding hydrogens is 937 g/mol. The molecule has 0 aromatic carbocycles. The zero-order valence-corrected chi connectivity index (χ0v) is 41.5. The second kappa shape index (κ2) is 29.4. The van der Waals surface area contributed by atoms with Gasteiger partial charge in [0.1, 0.15) is 46.8 Å². The van der Waals surface area contributed by atoms with E-state index in [1.165, 1.54) is 30.6 Å². The molecule has 3 amide bonds. The van der Waals surface area contributed by atoms with E-state index in [0.29, 0.717) is 40.4 Å². The van der Waals surface area contributed by atoms with Gasteiger partial charge in [-0.3, -0.25) is 52.9 Å². The van der Waals surface area contributed by atoms with Crippen LogP contribution in [0.5, 0.6) is 0 Å². The van der Waals surface area contributed by atoms with Gasteiger partial charge in [-0.15, -0.1) is 0 Å². The molecule has 0 fully saturated rings. The summed E-state index contributed by atoms with van der Waals surface area (Å²) in [6.45, 7) is 15.2. The molecule has 0 bridgehead atoms. The van der Waals surface area contributed by atoms with Gasteiger partial charge in [0.05, 0.1) is 11.4 Å². The molecule has 0 spiro atoms. The van der Waals surface area contributed by atoms with E-state index in [-0.39, 0.29) is 11.3 Å². The Morgan fingerprint density at radius 1 is 0.644 bits per heavy atom. The van der Waals surface area contributed by atoms with Gasteiger partial charge in [0, 0.05) is 55.8 Å². The molecule has 9 rings (SSSR count). The molecule has 73 heavy (non-hydrogen) atoms. The number of carbonyl (C=O) groups excluding carboxylic acids is 5. The molecule has 15 N–H and O–H groups in total. The minimum Gasteiger partial charge on any atom is -0.367 e. The van der Waals surface area contributed by atoms with E-state index in [4.69, 9.17) is 39.5 Å². The fourth-order valence-electron chi connectivity index (χ4n) is 5.82. The van der Waals surface area contributed by atoms with Crippen LogP contribution in [0.3, 0.4) is 0 Å². The molecule has 0 saturated carbocycles. The molecule has 9 heterocycles. The van der Waals surface area contributed by atoms with Crippen LogP contribution >= 0.6 is 0 Å². The van der Waals surface area contributed by atoms with Gasteiger partial charge in [0.15, 0.2) is 12.6 Å². The third-order valence-electron chi connectivity index (χ3n) is 9.35. The summed E-state index contributed by atoms with van der Waals surface area (Å²) < 4.78 is 6.70. The molecule has 0 aliphatic rings. The van der Waals surface area contributed by atoms with Crippen LogP contribution in [0.4, 0.5) is 0 Å². The Labute approximate surface area is 419 Å². The van der Waals surface area contributed by atoms with Crippen LogP contribution in [0.15, 0.2) is 115 Å². The number of nitrogens with two attached hydrogens (primary N) is 5. The normalized spacial score (nSPS) is 9.40. The number of nitrogens with zero attached hydrogens (tertiary/aromatic N) is 8. The van der Waals surface area contributed by atoms with Crippen molar-refractivity contribution in [2.24, 2.45) is 11.5 Å². The van der Waals surface area contributed by atoms with Gasteiger partial charge in [0.25, 0.3) is 17.4 Å². The zero-order chi connectivity index (χ0) is 54.8. The topological polar surface area (TPSA) is 392 Å². The molecule has 0 saturated heterocycles. The van der Waals surface area contributed by atoms with Crippen molar-refractivity contribution in [2.45, 2.75) is 55.4 Å². The van der Waals surface area contributed by atoms with E-state index < -0.39 is 11.8 Å². The number of primary amides is 2. The Balaban J connectivity index is 0.000000288. The highest BCUT2D eigenvalue weighted by Gasteiger charge is 2.08. The van der Waals surface area contributed by atoms with E-state index in [0.717, 1.165) is 51.5 Å². The number of aldehydes is 2. The highest BCUT2D eigenvalue weighted by molar-refractivity contribution is 5.92. The first-order valence-electron chi connectivity index (χ1n) is 21.5. The molecule has 0 unspecified atom stereocenters. The molecule has 9 aromatic heterocycles. The van der Waals surface area contributed by atoms with Crippen molar-refractivity contribution in [2.75, 3.05) is 23.0 Å². The molecule has 24 heteroatoms. The molecule has 24 nitrogen and oxygen atoms in total. The Hall–Kier alpha value is -10.5. The Morgan fingerprint density at radius 2 is 1.27 bits per heavy atom. The van der Waals surface area contributed by atoms with Crippen LogP contribution in [0.2, 0.25) is 0 Å². The number of H-pyrrole nitrogens is 4. The quantitative estimate of drug-likeness (QED) is 0.0838. The number of aryl methyl sites for hydroxylation is 8. The predicted molar refractivity (Wildman–Crippen MR) is 277 cm³/mol. The summed E-state index contributed by atoms with van der Waals surface area (Å²) in [6.07, 6.45) is 19.3. The lowest BCUT2D eigenvalue weighted by atomic mass is 10.3. The number of nitrogen functional groups attached to an aromatic ring is 3. The Bertz CT molecular complexity index is 3300. The fourth-order valence-corrected chi connectivity index (χ4v) is 5.82. The van der Waals surface area contributed by atoms with Crippen molar-refractivity contribution in [1.82, 2.24) is 48.3 Å². The summed E-state index contributed by atoms with van der Waals surface area (Å²) in [5.41, 5.74) is 23.9. The van der Waals surface area contributed by atoms with Crippen molar-refractivity contribution in [1.29, 1.82) is 10.5 Å². The second-order valence-electron chi connectivity index (χ2n) is 15.6. The second-order valence-corrected chi connectivity index (χ2v) is 15.6. The summed E-state index contributed by atoms with van der Waals surface area (Å²) >= 11 is 0. The average molecular weight is 997 g/mol. The van der Waals surface area contributed by atoms with E-state index in [2.05, 4.69) is 37.4 Å². The van der Waals surface area contributed by atoms with Crippen LogP contribution in [0, 0.1) is 78.1 Å². The maximum atomic E-state index is 11.1. The number of nitriles is 2. The number of carbonyl (C=O) groups is 5. The van der Waals surface area contributed by atoms with Gasteiger partial charge in [-0.2, -0.15) is 15.6 Å². The lowest BCUT2D eigenvalue weighted by Crippen LogP contribution is -2.21. The first kappa shape index (κ1) is 58.6. The Kier molecular flexibility index (Phi) is 23.6. The highest BCUT2D eigenvalue weighted by atomic mass is 16.2. The van der Waals surface area contributed by atoms with Crippen LogP contribution in [0.1, 0.15) is 97.8 Å². The summed E-state index contributed by atoms with van der Waals surface area (Å²) in [5, 5.41) is 20.7.